The number of halogens is 1. The summed E-state index contributed by atoms with van der Waals surface area (Å²) in [4.78, 5) is 12.0. The fraction of sp³-hybridized carbons (Fsp3) is 0.133. The van der Waals surface area contributed by atoms with Gasteiger partial charge in [0.2, 0.25) is 0 Å². The van der Waals surface area contributed by atoms with E-state index in [1.807, 2.05) is 0 Å². The molecule has 0 aromatic heterocycles. The van der Waals surface area contributed by atoms with Crippen molar-refractivity contribution in [3.8, 4) is 5.75 Å². The molecule has 0 radical (unpaired) electrons. The zero-order valence-electron chi connectivity index (χ0n) is 10.9. The van der Waals surface area contributed by atoms with Crippen LogP contribution in [0.2, 0.25) is 0 Å². The molecule has 20 heavy (non-hydrogen) atoms. The molecule has 5 heteroatoms. The predicted molar refractivity (Wildman–Crippen MR) is 72.9 cm³/mol. The van der Waals surface area contributed by atoms with E-state index in [4.69, 9.17) is 15.2 Å². The fourth-order valence-electron chi connectivity index (χ4n) is 1.72. The fourth-order valence-corrected chi connectivity index (χ4v) is 1.72. The Hall–Kier alpha value is -2.56. The SMILES string of the molecule is COc1ccc(N)cc1C(=O)OCc1ccccc1F. The number of methoxy groups -OCH3 is 1. The normalized spacial score (nSPS) is 10.1. The lowest BCUT2D eigenvalue weighted by molar-refractivity contribution is 0.0465. The molecule has 0 amide bonds. The number of carbonyl (C=O) groups excluding carboxylic acids is 1. The lowest BCUT2D eigenvalue weighted by atomic mass is 10.2. The van der Waals surface area contributed by atoms with Gasteiger partial charge in [-0.1, -0.05) is 18.2 Å². The number of nitrogens with two attached hydrogens (primary N) is 1. The van der Waals surface area contributed by atoms with Gasteiger partial charge in [-0.2, -0.15) is 0 Å². The average molecular weight is 275 g/mol. The van der Waals surface area contributed by atoms with Crippen LogP contribution >= 0.6 is 0 Å². The Morgan fingerprint density at radius 1 is 1.25 bits per heavy atom. The smallest absolute Gasteiger partial charge is 0.342 e. The number of esters is 1. The van der Waals surface area contributed by atoms with Gasteiger partial charge in [-0.25, -0.2) is 9.18 Å². The van der Waals surface area contributed by atoms with E-state index < -0.39 is 11.8 Å². The van der Waals surface area contributed by atoms with Crippen molar-refractivity contribution >= 4 is 11.7 Å². The van der Waals surface area contributed by atoms with E-state index in [-0.39, 0.29) is 12.2 Å². The average Bonchev–Trinajstić information content (AvgIpc) is 2.46. The van der Waals surface area contributed by atoms with Gasteiger partial charge >= 0.3 is 5.97 Å². The Labute approximate surface area is 115 Å². The van der Waals surface area contributed by atoms with E-state index in [0.29, 0.717) is 17.0 Å². The summed E-state index contributed by atoms with van der Waals surface area (Å²) in [6.45, 7) is -0.149. The summed E-state index contributed by atoms with van der Waals surface area (Å²) in [5, 5.41) is 0. The van der Waals surface area contributed by atoms with Gasteiger partial charge in [0, 0.05) is 11.3 Å². The van der Waals surface area contributed by atoms with Crippen LogP contribution in [-0.4, -0.2) is 13.1 Å². The van der Waals surface area contributed by atoms with Crippen LogP contribution in [0.25, 0.3) is 0 Å². The summed E-state index contributed by atoms with van der Waals surface area (Å²) < 4.78 is 23.6. The van der Waals surface area contributed by atoms with Crippen LogP contribution in [0.4, 0.5) is 10.1 Å². The Morgan fingerprint density at radius 2 is 2.00 bits per heavy atom. The lowest BCUT2D eigenvalue weighted by Crippen LogP contribution is -2.08. The molecule has 4 nitrogen and oxygen atoms in total. The van der Waals surface area contributed by atoms with Gasteiger partial charge in [0.25, 0.3) is 0 Å². The zero-order chi connectivity index (χ0) is 14.5. The number of carbonyl (C=O) groups is 1. The molecule has 0 atom stereocenters. The highest BCUT2D eigenvalue weighted by Gasteiger charge is 2.15. The van der Waals surface area contributed by atoms with Crippen molar-refractivity contribution in [1.82, 2.24) is 0 Å². The quantitative estimate of drug-likeness (QED) is 0.688. The first-order valence-corrected chi connectivity index (χ1v) is 5.96. The molecule has 0 saturated heterocycles. The molecular weight excluding hydrogens is 261 g/mol. The molecule has 0 aliphatic rings. The number of nitrogen functional groups attached to an aromatic ring is 1. The summed E-state index contributed by atoms with van der Waals surface area (Å²) in [6, 6.07) is 10.8. The number of rotatable bonds is 4. The third kappa shape index (κ3) is 3.06. The predicted octanol–water partition coefficient (Wildman–Crippen LogP) is 2.77. The Morgan fingerprint density at radius 3 is 2.70 bits per heavy atom. The van der Waals surface area contributed by atoms with Crippen molar-refractivity contribution in [1.29, 1.82) is 0 Å². The third-order valence-corrected chi connectivity index (χ3v) is 2.76. The summed E-state index contributed by atoms with van der Waals surface area (Å²) in [7, 11) is 1.44. The van der Waals surface area contributed by atoms with Gasteiger partial charge in [-0.05, 0) is 24.3 Å². The van der Waals surface area contributed by atoms with E-state index in [9.17, 15) is 9.18 Å². The maximum absolute atomic E-state index is 13.4. The van der Waals surface area contributed by atoms with E-state index in [2.05, 4.69) is 0 Å². The van der Waals surface area contributed by atoms with Crippen molar-refractivity contribution in [2.45, 2.75) is 6.61 Å². The van der Waals surface area contributed by atoms with Crippen molar-refractivity contribution in [2.24, 2.45) is 0 Å². The first-order valence-electron chi connectivity index (χ1n) is 5.96. The summed E-state index contributed by atoms with van der Waals surface area (Å²) >= 11 is 0. The second kappa shape index (κ2) is 6.06. The van der Waals surface area contributed by atoms with Gasteiger partial charge in [-0.3, -0.25) is 0 Å². The monoisotopic (exact) mass is 275 g/mol. The van der Waals surface area contributed by atoms with Crippen molar-refractivity contribution < 1.29 is 18.7 Å². The minimum Gasteiger partial charge on any atom is -0.496 e. The van der Waals surface area contributed by atoms with Crippen LogP contribution in [0.1, 0.15) is 15.9 Å². The maximum atomic E-state index is 13.4. The van der Waals surface area contributed by atoms with Crippen molar-refractivity contribution in [3.05, 3.63) is 59.4 Å². The molecule has 0 aliphatic carbocycles. The van der Waals surface area contributed by atoms with Crippen molar-refractivity contribution in [2.75, 3.05) is 12.8 Å². The van der Waals surface area contributed by atoms with Crippen LogP contribution in [0, 0.1) is 5.82 Å². The summed E-state index contributed by atoms with van der Waals surface area (Å²) in [5.41, 5.74) is 6.57. The highest BCUT2D eigenvalue weighted by atomic mass is 19.1. The molecule has 104 valence electrons. The standard InChI is InChI=1S/C15H14FNO3/c1-19-14-7-6-11(17)8-12(14)15(18)20-9-10-4-2-3-5-13(10)16/h2-8H,9,17H2,1H3. The minimum absolute atomic E-state index is 0.149. The molecule has 2 N–H and O–H groups in total. The molecule has 0 saturated carbocycles. The van der Waals surface area contributed by atoms with Crippen molar-refractivity contribution in [3.63, 3.8) is 0 Å². The maximum Gasteiger partial charge on any atom is 0.342 e. The summed E-state index contributed by atoms with van der Waals surface area (Å²) in [5.74, 6) is -0.671. The molecule has 0 spiro atoms. The molecule has 0 bridgehead atoms. The first-order chi connectivity index (χ1) is 9.61. The molecule has 2 aromatic carbocycles. The molecular formula is C15H14FNO3. The third-order valence-electron chi connectivity index (χ3n) is 2.76. The largest absolute Gasteiger partial charge is 0.496 e. The van der Waals surface area contributed by atoms with Crippen LogP contribution in [0.5, 0.6) is 5.75 Å². The first kappa shape index (κ1) is 13.9. The number of anilines is 1. The van der Waals surface area contributed by atoms with Crippen LogP contribution in [-0.2, 0) is 11.3 Å². The molecule has 2 rings (SSSR count). The molecule has 0 heterocycles. The Bertz CT molecular complexity index is 628. The topological polar surface area (TPSA) is 61.5 Å². The van der Waals surface area contributed by atoms with E-state index >= 15 is 0 Å². The van der Waals surface area contributed by atoms with E-state index in [0.717, 1.165) is 0 Å². The zero-order valence-corrected chi connectivity index (χ0v) is 10.9. The lowest BCUT2D eigenvalue weighted by Gasteiger charge is -2.10. The van der Waals surface area contributed by atoms with Gasteiger partial charge in [-0.15, -0.1) is 0 Å². The van der Waals surface area contributed by atoms with Crippen LogP contribution < -0.4 is 10.5 Å². The second-order valence-electron chi connectivity index (χ2n) is 4.13. The highest BCUT2D eigenvalue weighted by molar-refractivity contribution is 5.93. The number of hydrogen-bond donors (Lipinski definition) is 1. The minimum atomic E-state index is -0.614. The molecule has 2 aromatic rings. The molecule has 0 unspecified atom stereocenters. The summed E-state index contributed by atoms with van der Waals surface area (Å²) in [6.07, 6.45) is 0. The number of ether oxygens (including phenoxy) is 2. The van der Waals surface area contributed by atoms with Crippen LogP contribution in [0.3, 0.4) is 0 Å². The van der Waals surface area contributed by atoms with E-state index in [1.165, 1.54) is 19.2 Å². The van der Waals surface area contributed by atoms with Gasteiger partial charge in [0.1, 0.15) is 23.7 Å². The van der Waals surface area contributed by atoms with Crippen LogP contribution in [0.15, 0.2) is 42.5 Å². The van der Waals surface area contributed by atoms with Gasteiger partial charge in [0.15, 0.2) is 0 Å². The van der Waals surface area contributed by atoms with E-state index in [1.54, 1.807) is 30.3 Å². The van der Waals surface area contributed by atoms with Gasteiger partial charge in [0.05, 0.1) is 7.11 Å². The second-order valence-corrected chi connectivity index (χ2v) is 4.13. The Balaban J connectivity index is 2.13. The highest BCUT2D eigenvalue weighted by Crippen LogP contribution is 2.22. The number of benzene rings is 2. The number of hydrogen-bond acceptors (Lipinski definition) is 4. The Kier molecular flexibility index (Phi) is 4.20. The van der Waals surface area contributed by atoms with Gasteiger partial charge < -0.3 is 15.2 Å². The molecule has 0 fully saturated rings. The molecule has 0 aliphatic heterocycles.